The van der Waals surface area contributed by atoms with Gasteiger partial charge in [-0.25, -0.2) is 4.39 Å². The number of hydrogen-bond acceptors (Lipinski definition) is 7. The zero-order chi connectivity index (χ0) is 23.9. The molecule has 0 heterocycles. The van der Waals surface area contributed by atoms with Gasteiger partial charge in [0.05, 0.1) is 12.4 Å². The third-order valence-electron chi connectivity index (χ3n) is 9.05. The van der Waals surface area contributed by atoms with Gasteiger partial charge in [0.1, 0.15) is 12.2 Å². The van der Waals surface area contributed by atoms with Gasteiger partial charge in [0.15, 0.2) is 17.2 Å². The molecule has 4 rings (SSSR count). The van der Waals surface area contributed by atoms with Gasteiger partial charge in [-0.05, 0) is 56.6 Å². The van der Waals surface area contributed by atoms with Crippen LogP contribution in [-0.2, 0) is 23.9 Å². The van der Waals surface area contributed by atoms with Gasteiger partial charge in [0.25, 0.3) is 10.1 Å². The highest BCUT2D eigenvalue weighted by Gasteiger charge is 2.75. The first-order chi connectivity index (χ1) is 14.6. The van der Waals surface area contributed by atoms with Crippen molar-refractivity contribution in [2.24, 2.45) is 28.6 Å². The Morgan fingerprint density at radius 1 is 1.31 bits per heavy atom. The fraction of sp³-hybridized carbons (Fsp3) is 0.739. The van der Waals surface area contributed by atoms with Crippen LogP contribution in [0.4, 0.5) is 4.39 Å². The van der Waals surface area contributed by atoms with Crippen LogP contribution in [0.25, 0.3) is 0 Å². The lowest BCUT2D eigenvalue weighted by Crippen LogP contribution is -2.69. The van der Waals surface area contributed by atoms with Crippen LogP contribution in [0.15, 0.2) is 23.8 Å². The molecule has 0 aliphatic heterocycles. The van der Waals surface area contributed by atoms with E-state index >= 15 is 4.39 Å². The van der Waals surface area contributed by atoms with Crippen molar-refractivity contribution in [2.75, 3.05) is 12.9 Å². The van der Waals surface area contributed by atoms with Gasteiger partial charge < -0.3 is 10.2 Å². The highest BCUT2D eigenvalue weighted by molar-refractivity contribution is 7.86. The van der Waals surface area contributed by atoms with Gasteiger partial charge in [-0.2, -0.15) is 8.42 Å². The van der Waals surface area contributed by atoms with Crippen LogP contribution >= 0.6 is 0 Å². The van der Waals surface area contributed by atoms with E-state index in [0.717, 1.165) is 6.26 Å². The maximum absolute atomic E-state index is 17.0. The number of ketones is 2. The third-order valence-corrected chi connectivity index (χ3v) is 9.60. The Kier molecular flexibility index (Phi) is 5.22. The van der Waals surface area contributed by atoms with Crippen molar-refractivity contribution in [1.29, 1.82) is 0 Å². The predicted molar refractivity (Wildman–Crippen MR) is 114 cm³/mol. The molecule has 0 radical (unpaired) electrons. The molecule has 3 fully saturated rings. The van der Waals surface area contributed by atoms with Crippen molar-refractivity contribution in [3.05, 3.63) is 23.8 Å². The quantitative estimate of drug-likeness (QED) is 0.602. The average Bonchev–Trinajstić information content (AvgIpc) is 2.89. The van der Waals surface area contributed by atoms with E-state index in [1.54, 1.807) is 26.8 Å². The number of halogens is 1. The number of allylic oxidation sites excluding steroid dienone is 4. The average molecular weight is 471 g/mol. The van der Waals surface area contributed by atoms with Crippen molar-refractivity contribution in [3.8, 4) is 0 Å². The molecule has 32 heavy (non-hydrogen) atoms. The molecular formula is C23H31FO7S. The standard InChI is InChI=1S/C23H31FO7S/c1-13-9-17-16-6-5-14-10-15(25)7-8-20(14,2)22(16,24)18(26)11-21(17,3)23(13,28)19(27)12-31-32(4,29)30/h7-8,10,13,16-18,26,28H,5-6,9,11-12H2,1-4H3/t13-,16-,17+,18+,20+,21+,22+,23+/m1/s1. The largest absolute Gasteiger partial charge is 0.390 e. The van der Waals surface area contributed by atoms with Crippen LogP contribution in [-0.4, -0.2) is 60.4 Å². The molecule has 2 N–H and O–H groups in total. The summed E-state index contributed by atoms with van der Waals surface area (Å²) in [5, 5.41) is 22.9. The molecular weight excluding hydrogens is 439 g/mol. The molecule has 178 valence electrons. The van der Waals surface area contributed by atoms with Crippen LogP contribution in [0.1, 0.15) is 46.5 Å². The first kappa shape index (κ1) is 23.7. The van der Waals surface area contributed by atoms with Crippen molar-refractivity contribution >= 4 is 21.7 Å². The third kappa shape index (κ3) is 2.90. The predicted octanol–water partition coefficient (Wildman–Crippen LogP) is 1.88. The smallest absolute Gasteiger partial charge is 0.264 e. The minimum atomic E-state index is -3.89. The molecule has 0 amide bonds. The first-order valence-corrected chi connectivity index (χ1v) is 12.8. The number of carbonyl (C=O) groups is 2. The molecule has 8 atom stereocenters. The fourth-order valence-electron chi connectivity index (χ4n) is 7.41. The van der Waals surface area contributed by atoms with Crippen molar-refractivity contribution in [2.45, 2.75) is 63.8 Å². The van der Waals surface area contributed by atoms with Gasteiger partial charge in [-0.1, -0.05) is 25.5 Å². The molecule has 0 aromatic rings. The molecule has 0 saturated heterocycles. The Morgan fingerprint density at radius 3 is 2.59 bits per heavy atom. The van der Waals surface area contributed by atoms with Gasteiger partial charge in [-0.15, -0.1) is 0 Å². The molecule has 4 aliphatic carbocycles. The number of fused-ring (bicyclic) bond motifs is 5. The second-order valence-corrected chi connectivity index (χ2v) is 12.2. The lowest BCUT2D eigenvalue weighted by atomic mass is 9.44. The summed E-state index contributed by atoms with van der Waals surface area (Å²) in [5.41, 5.74) is -5.67. The van der Waals surface area contributed by atoms with E-state index in [0.29, 0.717) is 24.8 Å². The number of rotatable bonds is 4. The van der Waals surface area contributed by atoms with Gasteiger partial charge in [-0.3, -0.25) is 13.8 Å². The van der Waals surface area contributed by atoms with E-state index in [-0.39, 0.29) is 12.2 Å². The Hall–Kier alpha value is -1.42. The number of Topliss-reactive ketones (excluding diaryl/α,β-unsaturated/α-hetero) is 1. The maximum atomic E-state index is 17.0. The number of aliphatic hydroxyl groups excluding tert-OH is 1. The molecule has 0 unspecified atom stereocenters. The molecule has 4 aliphatic rings. The van der Waals surface area contributed by atoms with E-state index in [4.69, 9.17) is 0 Å². The molecule has 9 heteroatoms. The fourth-order valence-corrected chi connectivity index (χ4v) is 7.73. The van der Waals surface area contributed by atoms with E-state index in [2.05, 4.69) is 4.18 Å². The normalized spacial score (nSPS) is 48.0. The van der Waals surface area contributed by atoms with E-state index in [1.165, 1.54) is 12.2 Å². The van der Waals surface area contributed by atoms with E-state index in [1.807, 2.05) is 0 Å². The topological polar surface area (TPSA) is 118 Å². The van der Waals surface area contributed by atoms with Crippen molar-refractivity contribution in [1.82, 2.24) is 0 Å². The van der Waals surface area contributed by atoms with Crippen LogP contribution in [0, 0.1) is 28.6 Å². The van der Waals surface area contributed by atoms with E-state index < -0.39 is 68.5 Å². The summed E-state index contributed by atoms with van der Waals surface area (Å²) < 4.78 is 44.5. The molecule has 0 aromatic carbocycles. The Balaban J connectivity index is 1.75. The molecule has 7 nitrogen and oxygen atoms in total. The summed E-state index contributed by atoms with van der Waals surface area (Å²) >= 11 is 0. The Morgan fingerprint density at radius 2 is 1.97 bits per heavy atom. The molecule has 0 aromatic heterocycles. The van der Waals surface area contributed by atoms with E-state index in [9.17, 15) is 28.2 Å². The summed E-state index contributed by atoms with van der Waals surface area (Å²) in [5.74, 6) is -2.60. The van der Waals surface area contributed by atoms with Crippen molar-refractivity contribution < 1.29 is 36.8 Å². The Labute approximate surface area is 187 Å². The zero-order valence-corrected chi connectivity index (χ0v) is 19.6. The van der Waals surface area contributed by atoms with Gasteiger partial charge in [0, 0.05) is 16.7 Å². The van der Waals surface area contributed by atoms with Crippen LogP contribution < -0.4 is 0 Å². The summed E-state index contributed by atoms with van der Waals surface area (Å²) in [6.45, 7) is 4.29. The minimum Gasteiger partial charge on any atom is -0.390 e. The summed E-state index contributed by atoms with van der Waals surface area (Å²) in [6.07, 6.45) is 4.75. The van der Waals surface area contributed by atoms with Gasteiger partial charge in [0.2, 0.25) is 0 Å². The zero-order valence-electron chi connectivity index (χ0n) is 18.8. The van der Waals surface area contributed by atoms with Crippen LogP contribution in [0.3, 0.4) is 0 Å². The minimum absolute atomic E-state index is 0.166. The lowest BCUT2D eigenvalue weighted by Gasteiger charge is -2.62. The highest BCUT2D eigenvalue weighted by atomic mass is 32.2. The number of carbonyl (C=O) groups excluding carboxylic acids is 2. The first-order valence-electron chi connectivity index (χ1n) is 11.0. The lowest BCUT2D eigenvalue weighted by molar-refractivity contribution is -0.219. The van der Waals surface area contributed by atoms with Crippen LogP contribution in [0.5, 0.6) is 0 Å². The number of hydrogen-bond donors (Lipinski definition) is 2. The molecule has 0 spiro atoms. The second-order valence-electron chi connectivity index (χ2n) is 10.6. The monoisotopic (exact) mass is 470 g/mol. The summed E-state index contributed by atoms with van der Waals surface area (Å²) in [4.78, 5) is 25.0. The van der Waals surface area contributed by atoms with Gasteiger partial charge >= 0.3 is 0 Å². The summed E-state index contributed by atoms with van der Waals surface area (Å²) in [6, 6.07) is 0. The number of alkyl halides is 1. The molecule has 3 saturated carbocycles. The highest BCUT2D eigenvalue weighted by Crippen LogP contribution is 2.70. The van der Waals surface area contributed by atoms with Crippen molar-refractivity contribution in [3.63, 3.8) is 0 Å². The molecule has 0 bridgehead atoms. The summed E-state index contributed by atoms with van der Waals surface area (Å²) in [7, 11) is -3.89. The second kappa shape index (κ2) is 7.04. The SMILES string of the molecule is C[C@@H]1C[C@H]2[C@H]3CCC4=CC(=O)C=C[C@]4(C)[C@@]3(F)[C@@H](O)C[C@]2(C)[C@@]1(O)C(=O)COS(C)(=O)=O. The number of aliphatic hydroxyl groups is 2. The Bertz CT molecular complexity index is 1030. The maximum Gasteiger partial charge on any atom is 0.264 e. The van der Waals surface area contributed by atoms with Crippen LogP contribution in [0.2, 0.25) is 0 Å².